The fourth-order valence-corrected chi connectivity index (χ4v) is 1.56. The third-order valence-corrected chi connectivity index (χ3v) is 2.31. The van der Waals surface area contributed by atoms with Crippen LogP contribution in [0.3, 0.4) is 0 Å². The maximum atomic E-state index is 9.15. The Morgan fingerprint density at radius 3 is 2.54 bits per heavy atom. The summed E-state index contributed by atoms with van der Waals surface area (Å²) in [4.78, 5) is 0. The number of aliphatic hydroxyl groups is 1. The minimum atomic E-state index is 0.382. The molecule has 0 aromatic heterocycles. The first-order valence-electron chi connectivity index (χ1n) is 4.48. The summed E-state index contributed by atoms with van der Waals surface area (Å²) in [7, 11) is 0. The van der Waals surface area contributed by atoms with Gasteiger partial charge < -0.3 is 5.11 Å². The van der Waals surface area contributed by atoms with Crippen LogP contribution >= 0.6 is 0 Å². The lowest BCUT2D eigenvalue weighted by Crippen LogP contribution is -1.97. The Kier molecular flexibility index (Phi) is 2.17. The third-order valence-electron chi connectivity index (χ3n) is 2.31. The molecule has 0 radical (unpaired) electrons. The van der Waals surface area contributed by atoms with Crippen molar-refractivity contribution in [1.82, 2.24) is 0 Å². The van der Waals surface area contributed by atoms with Gasteiger partial charge in [-0.1, -0.05) is 36.4 Å². The van der Waals surface area contributed by atoms with E-state index in [0.717, 1.165) is 6.42 Å². The van der Waals surface area contributed by atoms with Gasteiger partial charge in [-0.05, 0) is 24.1 Å². The molecule has 13 heavy (non-hydrogen) atoms. The Hall–Kier alpha value is -1.50. The molecule has 0 bridgehead atoms. The molecule has 0 saturated carbocycles. The Labute approximate surface area is 78.0 Å². The van der Waals surface area contributed by atoms with Gasteiger partial charge in [0.2, 0.25) is 0 Å². The summed E-state index contributed by atoms with van der Waals surface area (Å²) in [6.07, 6.45) is 6.57. The van der Waals surface area contributed by atoms with Gasteiger partial charge in [0.15, 0.2) is 0 Å². The standard InChI is InChI=1S/C12H12O/c13-12-8-6-11(7-9-12)10-4-2-1-3-5-10/h1-6,8-9,11,13H,7H2. The summed E-state index contributed by atoms with van der Waals surface area (Å²) < 4.78 is 0. The van der Waals surface area contributed by atoms with Crippen LogP contribution in [0.4, 0.5) is 0 Å². The fourth-order valence-electron chi connectivity index (χ4n) is 1.56. The SMILES string of the molecule is OC1=CCC(c2ccccc2)C=C1. The minimum Gasteiger partial charge on any atom is -0.508 e. The maximum Gasteiger partial charge on any atom is 0.111 e. The van der Waals surface area contributed by atoms with Crippen molar-refractivity contribution >= 4 is 0 Å². The molecule has 0 saturated heterocycles. The minimum absolute atomic E-state index is 0.382. The molecule has 1 N–H and O–H groups in total. The van der Waals surface area contributed by atoms with Crippen LogP contribution < -0.4 is 0 Å². The van der Waals surface area contributed by atoms with Gasteiger partial charge in [-0.25, -0.2) is 0 Å². The van der Waals surface area contributed by atoms with Crippen LogP contribution in [-0.4, -0.2) is 5.11 Å². The molecule has 1 aromatic carbocycles. The smallest absolute Gasteiger partial charge is 0.111 e. The normalized spacial score (nSPS) is 21.2. The van der Waals surface area contributed by atoms with Crippen molar-refractivity contribution in [3.05, 3.63) is 59.9 Å². The van der Waals surface area contributed by atoms with Gasteiger partial charge in [0.05, 0.1) is 0 Å². The predicted octanol–water partition coefficient (Wildman–Crippen LogP) is 3.17. The quantitative estimate of drug-likeness (QED) is 0.689. The van der Waals surface area contributed by atoms with Gasteiger partial charge in [0, 0.05) is 5.92 Å². The van der Waals surface area contributed by atoms with E-state index >= 15 is 0 Å². The fraction of sp³-hybridized carbons (Fsp3) is 0.167. The second kappa shape index (κ2) is 3.48. The van der Waals surface area contributed by atoms with Crippen molar-refractivity contribution < 1.29 is 5.11 Å². The molecule has 0 spiro atoms. The summed E-state index contributed by atoms with van der Waals surface area (Å²) in [5.41, 5.74) is 1.31. The lowest BCUT2D eigenvalue weighted by atomic mass is 9.92. The molecule has 0 aliphatic heterocycles. The molecule has 0 amide bonds. The van der Waals surface area contributed by atoms with Gasteiger partial charge in [0.25, 0.3) is 0 Å². The average Bonchev–Trinajstić information content (AvgIpc) is 2.20. The monoisotopic (exact) mass is 172 g/mol. The van der Waals surface area contributed by atoms with Gasteiger partial charge in [-0.15, -0.1) is 0 Å². The lowest BCUT2D eigenvalue weighted by Gasteiger charge is -2.13. The Morgan fingerprint density at radius 1 is 1.15 bits per heavy atom. The van der Waals surface area contributed by atoms with Crippen molar-refractivity contribution in [2.45, 2.75) is 12.3 Å². The van der Waals surface area contributed by atoms with Crippen molar-refractivity contribution in [2.75, 3.05) is 0 Å². The average molecular weight is 172 g/mol. The highest BCUT2D eigenvalue weighted by Gasteiger charge is 2.09. The molecule has 1 nitrogen and oxygen atoms in total. The first-order chi connectivity index (χ1) is 6.36. The van der Waals surface area contributed by atoms with Crippen molar-refractivity contribution in [3.8, 4) is 0 Å². The molecule has 0 fully saturated rings. The van der Waals surface area contributed by atoms with Crippen molar-refractivity contribution in [1.29, 1.82) is 0 Å². The van der Waals surface area contributed by atoms with Crippen LogP contribution in [0.5, 0.6) is 0 Å². The number of hydrogen-bond donors (Lipinski definition) is 1. The summed E-state index contributed by atoms with van der Waals surface area (Å²) in [5.74, 6) is 0.810. The van der Waals surface area contributed by atoms with Gasteiger partial charge >= 0.3 is 0 Å². The second-order valence-corrected chi connectivity index (χ2v) is 3.24. The zero-order chi connectivity index (χ0) is 9.10. The Bertz CT molecular complexity index is 335. The highest BCUT2D eigenvalue weighted by Crippen LogP contribution is 2.25. The van der Waals surface area contributed by atoms with Crippen LogP contribution in [0, 0.1) is 0 Å². The lowest BCUT2D eigenvalue weighted by molar-refractivity contribution is 0.425. The van der Waals surface area contributed by atoms with Gasteiger partial charge in [0.1, 0.15) is 5.76 Å². The Balaban J connectivity index is 2.18. The molecule has 1 heteroatoms. The molecule has 66 valence electrons. The zero-order valence-corrected chi connectivity index (χ0v) is 7.35. The number of allylic oxidation sites excluding steroid dienone is 3. The number of hydrogen-bond acceptors (Lipinski definition) is 1. The van der Waals surface area contributed by atoms with Crippen LogP contribution in [0.15, 0.2) is 54.3 Å². The summed E-state index contributed by atoms with van der Waals surface area (Å²) in [6, 6.07) is 10.3. The number of benzene rings is 1. The molecule has 0 heterocycles. The van der Waals surface area contributed by atoms with E-state index in [1.807, 2.05) is 30.4 Å². The predicted molar refractivity (Wildman–Crippen MR) is 53.7 cm³/mol. The van der Waals surface area contributed by atoms with Gasteiger partial charge in [-0.2, -0.15) is 0 Å². The Morgan fingerprint density at radius 2 is 1.92 bits per heavy atom. The third kappa shape index (κ3) is 1.81. The molecule has 1 aliphatic rings. The molecule has 1 aromatic rings. The molecule has 1 atom stereocenters. The zero-order valence-electron chi connectivity index (χ0n) is 7.35. The topological polar surface area (TPSA) is 20.2 Å². The van der Waals surface area contributed by atoms with E-state index in [9.17, 15) is 0 Å². The highest BCUT2D eigenvalue weighted by atomic mass is 16.3. The maximum absolute atomic E-state index is 9.15. The molecule has 1 aliphatic carbocycles. The first kappa shape index (κ1) is 8.11. The van der Waals surface area contributed by atoms with E-state index in [-0.39, 0.29) is 0 Å². The van der Waals surface area contributed by atoms with E-state index in [1.54, 1.807) is 6.08 Å². The summed E-state index contributed by atoms with van der Waals surface area (Å²) >= 11 is 0. The van der Waals surface area contributed by atoms with Gasteiger partial charge in [-0.3, -0.25) is 0 Å². The van der Waals surface area contributed by atoms with Crippen LogP contribution in [0.25, 0.3) is 0 Å². The summed E-state index contributed by atoms with van der Waals surface area (Å²) in [6.45, 7) is 0. The van der Waals surface area contributed by atoms with Crippen LogP contribution in [0.1, 0.15) is 17.9 Å². The number of rotatable bonds is 1. The summed E-state index contributed by atoms with van der Waals surface area (Å²) in [5, 5.41) is 9.15. The number of aliphatic hydroxyl groups excluding tert-OH is 1. The molecule has 2 rings (SSSR count). The van der Waals surface area contributed by atoms with Crippen molar-refractivity contribution in [2.24, 2.45) is 0 Å². The highest BCUT2D eigenvalue weighted by molar-refractivity contribution is 5.30. The van der Waals surface area contributed by atoms with E-state index < -0.39 is 0 Å². The molecular weight excluding hydrogens is 160 g/mol. The largest absolute Gasteiger partial charge is 0.508 e. The molecular formula is C12H12O. The van der Waals surface area contributed by atoms with E-state index in [4.69, 9.17) is 5.11 Å². The van der Waals surface area contributed by atoms with Crippen LogP contribution in [-0.2, 0) is 0 Å². The van der Waals surface area contributed by atoms with E-state index in [2.05, 4.69) is 12.1 Å². The van der Waals surface area contributed by atoms with E-state index in [0.29, 0.717) is 11.7 Å². The second-order valence-electron chi connectivity index (χ2n) is 3.24. The van der Waals surface area contributed by atoms with Crippen LogP contribution in [0.2, 0.25) is 0 Å². The molecule has 1 unspecified atom stereocenters. The van der Waals surface area contributed by atoms with Crippen molar-refractivity contribution in [3.63, 3.8) is 0 Å². The van der Waals surface area contributed by atoms with E-state index in [1.165, 1.54) is 5.56 Å². The first-order valence-corrected chi connectivity index (χ1v) is 4.48.